The molecule has 1 unspecified atom stereocenters. The van der Waals surface area contributed by atoms with Crippen LogP contribution >= 0.6 is 11.9 Å². The quantitative estimate of drug-likeness (QED) is 0.205. The summed E-state index contributed by atoms with van der Waals surface area (Å²) in [4.78, 5) is 14.3. The average molecular weight is 220 g/mol. The molecule has 0 radical (unpaired) electrons. The molecule has 0 saturated carbocycles. The summed E-state index contributed by atoms with van der Waals surface area (Å²) >= 11 is 1.35. The summed E-state index contributed by atoms with van der Waals surface area (Å²) in [6.45, 7) is 0.486. The normalized spacial score (nSPS) is 13.7. The van der Waals surface area contributed by atoms with Gasteiger partial charge in [0.1, 0.15) is 6.04 Å². The van der Waals surface area contributed by atoms with Crippen LogP contribution < -0.4 is 16.2 Å². The number of hydrogen-bond acceptors (Lipinski definition) is 4. The van der Waals surface area contributed by atoms with Gasteiger partial charge in [-0.2, -0.15) is 0 Å². The Balaban J connectivity index is 3.55. The summed E-state index contributed by atoms with van der Waals surface area (Å²) < 4.78 is 2.75. The minimum atomic E-state index is -0.982. The summed E-state index contributed by atoms with van der Waals surface area (Å²) in [5.74, 6) is -0.634. The van der Waals surface area contributed by atoms with E-state index in [1.807, 2.05) is 6.26 Å². The Morgan fingerprint density at radius 2 is 2.36 bits per heavy atom. The molecule has 0 rings (SSSR count). The van der Waals surface area contributed by atoms with E-state index in [2.05, 4.69) is 9.71 Å². The third-order valence-corrected chi connectivity index (χ3v) is 1.89. The van der Waals surface area contributed by atoms with Gasteiger partial charge < -0.3 is 21.3 Å². The largest absolute Gasteiger partial charge is 0.480 e. The minimum absolute atomic E-state index is 0.349. The van der Waals surface area contributed by atoms with Gasteiger partial charge in [-0.05, 0) is 12.8 Å². The van der Waals surface area contributed by atoms with Crippen molar-refractivity contribution in [2.24, 2.45) is 16.5 Å². The molecular weight excluding hydrogens is 204 g/mol. The standard InChI is InChI=1S/C7H16N4O2S/c1-14-11-7(9)10-4-2-3-5(8)6(12)13/h5H,2-4,8H2,1H3,(H,12,13)(H3,9,10,11). The highest BCUT2D eigenvalue weighted by molar-refractivity contribution is 7.97. The second-order valence-corrected chi connectivity index (χ2v) is 3.27. The number of nitrogens with zero attached hydrogens (tertiary/aromatic N) is 1. The van der Waals surface area contributed by atoms with E-state index in [0.717, 1.165) is 0 Å². The molecule has 1 atom stereocenters. The van der Waals surface area contributed by atoms with E-state index in [-0.39, 0.29) is 0 Å². The van der Waals surface area contributed by atoms with E-state index < -0.39 is 12.0 Å². The Morgan fingerprint density at radius 1 is 1.71 bits per heavy atom. The van der Waals surface area contributed by atoms with Crippen molar-refractivity contribution in [3.63, 3.8) is 0 Å². The molecule has 0 fully saturated rings. The first-order chi connectivity index (χ1) is 6.57. The summed E-state index contributed by atoms with van der Waals surface area (Å²) in [7, 11) is 0. The van der Waals surface area contributed by atoms with Crippen molar-refractivity contribution in [3.05, 3.63) is 0 Å². The first-order valence-corrected chi connectivity index (χ1v) is 5.37. The SMILES string of the molecule is CSNC(N)=NCCCC(N)C(=O)O. The number of aliphatic imine (C=N–C) groups is 1. The molecule has 0 aliphatic carbocycles. The fraction of sp³-hybridized carbons (Fsp3) is 0.714. The predicted octanol–water partition coefficient (Wildman–Crippen LogP) is -0.639. The molecule has 0 aliphatic rings. The first-order valence-electron chi connectivity index (χ1n) is 4.15. The van der Waals surface area contributed by atoms with Crippen LogP contribution in [0, 0.1) is 0 Å². The van der Waals surface area contributed by atoms with Gasteiger partial charge in [0.25, 0.3) is 0 Å². The Kier molecular flexibility index (Phi) is 6.95. The third-order valence-electron chi connectivity index (χ3n) is 1.48. The molecular formula is C7H16N4O2S. The first kappa shape index (κ1) is 13.1. The Labute approximate surface area is 87.3 Å². The van der Waals surface area contributed by atoms with Crippen molar-refractivity contribution in [3.8, 4) is 0 Å². The molecule has 6 nitrogen and oxygen atoms in total. The van der Waals surface area contributed by atoms with Crippen molar-refractivity contribution in [2.45, 2.75) is 18.9 Å². The zero-order valence-corrected chi connectivity index (χ0v) is 8.88. The lowest BCUT2D eigenvalue weighted by molar-refractivity contribution is -0.138. The average Bonchev–Trinajstić information content (AvgIpc) is 2.12. The topological polar surface area (TPSA) is 114 Å². The van der Waals surface area contributed by atoms with Crippen LogP contribution in [0.15, 0.2) is 4.99 Å². The van der Waals surface area contributed by atoms with Crippen molar-refractivity contribution >= 4 is 23.9 Å². The fourth-order valence-electron chi connectivity index (χ4n) is 0.771. The summed E-state index contributed by atoms with van der Waals surface area (Å²) in [5.41, 5.74) is 10.7. The van der Waals surface area contributed by atoms with E-state index in [4.69, 9.17) is 16.6 Å². The summed E-state index contributed by atoms with van der Waals surface area (Å²) in [6.07, 6.45) is 2.86. The number of rotatable bonds is 6. The van der Waals surface area contributed by atoms with Crippen LogP contribution in [-0.2, 0) is 4.79 Å². The van der Waals surface area contributed by atoms with Gasteiger partial charge in [0.05, 0.1) is 0 Å². The van der Waals surface area contributed by atoms with E-state index in [9.17, 15) is 4.79 Å². The van der Waals surface area contributed by atoms with Crippen LogP contribution in [0.4, 0.5) is 0 Å². The highest BCUT2D eigenvalue weighted by atomic mass is 32.2. The highest BCUT2D eigenvalue weighted by Crippen LogP contribution is 1.95. The Bertz CT molecular complexity index is 210. The molecule has 0 saturated heterocycles. The molecule has 0 amide bonds. The zero-order valence-electron chi connectivity index (χ0n) is 8.06. The van der Waals surface area contributed by atoms with Gasteiger partial charge in [0.15, 0.2) is 5.96 Å². The van der Waals surface area contributed by atoms with Crippen molar-refractivity contribution in [1.29, 1.82) is 0 Å². The fourth-order valence-corrected chi connectivity index (χ4v) is 1.04. The molecule has 0 bridgehead atoms. The number of hydrogen-bond donors (Lipinski definition) is 4. The van der Waals surface area contributed by atoms with Gasteiger partial charge in [-0.25, -0.2) is 0 Å². The number of aliphatic carboxylic acids is 1. The number of guanidine groups is 1. The lowest BCUT2D eigenvalue weighted by Crippen LogP contribution is -2.30. The number of nitrogens with one attached hydrogen (secondary N) is 1. The second-order valence-electron chi connectivity index (χ2n) is 2.66. The monoisotopic (exact) mass is 220 g/mol. The molecule has 0 heterocycles. The molecule has 0 aliphatic heterocycles. The third kappa shape index (κ3) is 6.55. The lowest BCUT2D eigenvalue weighted by atomic mass is 10.2. The van der Waals surface area contributed by atoms with Crippen LogP contribution in [0.3, 0.4) is 0 Å². The molecule has 0 aromatic heterocycles. The number of carboxylic acids is 1. The van der Waals surface area contributed by atoms with Crippen molar-refractivity contribution in [1.82, 2.24) is 4.72 Å². The molecule has 6 N–H and O–H groups in total. The van der Waals surface area contributed by atoms with Crippen molar-refractivity contribution in [2.75, 3.05) is 12.8 Å². The van der Waals surface area contributed by atoms with Gasteiger partial charge in [-0.1, -0.05) is 11.9 Å². The molecule has 7 heteroatoms. The van der Waals surface area contributed by atoms with E-state index >= 15 is 0 Å². The van der Waals surface area contributed by atoms with Gasteiger partial charge in [-0.3, -0.25) is 9.79 Å². The zero-order chi connectivity index (χ0) is 11.0. The predicted molar refractivity (Wildman–Crippen MR) is 58.0 cm³/mol. The van der Waals surface area contributed by atoms with Crippen molar-refractivity contribution < 1.29 is 9.90 Å². The highest BCUT2D eigenvalue weighted by Gasteiger charge is 2.09. The van der Waals surface area contributed by atoms with Gasteiger partial charge >= 0.3 is 5.97 Å². The molecule has 0 aromatic carbocycles. The van der Waals surface area contributed by atoms with Crippen LogP contribution in [-0.4, -0.2) is 35.9 Å². The molecule has 14 heavy (non-hydrogen) atoms. The van der Waals surface area contributed by atoms with Gasteiger partial charge in [0.2, 0.25) is 0 Å². The molecule has 0 spiro atoms. The number of carboxylic acid groups (broad SMARTS) is 1. The molecule has 82 valence electrons. The van der Waals surface area contributed by atoms with Gasteiger partial charge in [-0.15, -0.1) is 0 Å². The van der Waals surface area contributed by atoms with Crippen LogP contribution in [0.5, 0.6) is 0 Å². The Hall–Kier alpha value is -0.950. The van der Waals surface area contributed by atoms with E-state index in [1.165, 1.54) is 11.9 Å². The second kappa shape index (κ2) is 7.45. The summed E-state index contributed by atoms with van der Waals surface area (Å²) in [5, 5.41) is 8.47. The van der Waals surface area contributed by atoms with Crippen LogP contribution in [0.2, 0.25) is 0 Å². The maximum absolute atomic E-state index is 10.3. The molecule has 0 aromatic rings. The lowest BCUT2D eigenvalue weighted by Gasteiger charge is -2.04. The summed E-state index contributed by atoms with van der Waals surface area (Å²) in [6, 6.07) is -0.806. The maximum Gasteiger partial charge on any atom is 0.320 e. The maximum atomic E-state index is 10.3. The smallest absolute Gasteiger partial charge is 0.320 e. The van der Waals surface area contributed by atoms with Gasteiger partial charge in [0, 0.05) is 12.8 Å². The van der Waals surface area contributed by atoms with E-state index in [0.29, 0.717) is 25.3 Å². The van der Waals surface area contributed by atoms with Crippen LogP contribution in [0.1, 0.15) is 12.8 Å². The van der Waals surface area contributed by atoms with E-state index in [1.54, 1.807) is 0 Å². The number of carbonyl (C=O) groups is 1. The van der Waals surface area contributed by atoms with Crippen LogP contribution in [0.25, 0.3) is 0 Å². The minimum Gasteiger partial charge on any atom is -0.480 e. The Morgan fingerprint density at radius 3 is 2.86 bits per heavy atom. The number of nitrogens with two attached hydrogens (primary N) is 2.